The van der Waals surface area contributed by atoms with Gasteiger partial charge in [0, 0.05) is 31.7 Å². The summed E-state index contributed by atoms with van der Waals surface area (Å²) < 4.78 is 11.8. The summed E-state index contributed by atoms with van der Waals surface area (Å²) in [6, 6.07) is 12.4. The highest BCUT2D eigenvalue weighted by Gasteiger charge is 2.32. The van der Waals surface area contributed by atoms with Crippen molar-refractivity contribution in [1.82, 2.24) is 15.1 Å². The maximum atomic E-state index is 13.0. The van der Waals surface area contributed by atoms with Gasteiger partial charge < -0.3 is 24.6 Å². The van der Waals surface area contributed by atoms with Crippen LogP contribution in [0.4, 0.5) is 10.5 Å². The van der Waals surface area contributed by atoms with E-state index in [0.717, 1.165) is 52.7 Å². The topological polar surface area (TPSA) is 66.4 Å². The summed E-state index contributed by atoms with van der Waals surface area (Å²) in [5.74, 6) is 3.13. The third-order valence-corrected chi connectivity index (χ3v) is 7.11. The quantitative estimate of drug-likeness (QED) is 0.663. The van der Waals surface area contributed by atoms with E-state index in [0.29, 0.717) is 25.7 Å². The van der Waals surface area contributed by atoms with E-state index in [2.05, 4.69) is 23.2 Å². The molecule has 7 nitrogen and oxygen atoms in total. The summed E-state index contributed by atoms with van der Waals surface area (Å²) in [7, 11) is 1.67. The van der Waals surface area contributed by atoms with Crippen molar-refractivity contribution < 1.29 is 14.3 Å². The lowest BCUT2D eigenvalue weighted by atomic mass is 9.96. The van der Waals surface area contributed by atoms with Crippen LogP contribution < -0.4 is 14.8 Å². The van der Waals surface area contributed by atoms with Crippen LogP contribution >= 0.6 is 0 Å². The number of aliphatic imine (C=N–C) groups is 1. The lowest BCUT2D eigenvalue weighted by Crippen LogP contribution is -2.58. The van der Waals surface area contributed by atoms with Crippen LogP contribution in [0.25, 0.3) is 0 Å². The fraction of sp³-hybridized carbons (Fsp3) is 0.481. The van der Waals surface area contributed by atoms with Crippen LogP contribution in [0.5, 0.6) is 17.2 Å². The number of hydrogen-bond donors (Lipinski definition) is 1. The predicted molar refractivity (Wildman–Crippen MR) is 134 cm³/mol. The number of benzene rings is 2. The summed E-state index contributed by atoms with van der Waals surface area (Å²) in [5, 5.41) is 3.27. The second kappa shape index (κ2) is 9.57. The molecule has 1 saturated heterocycles. The van der Waals surface area contributed by atoms with Crippen LogP contribution in [0.2, 0.25) is 0 Å². The maximum Gasteiger partial charge on any atom is 0.317 e. The number of rotatable bonds is 2. The number of amides is 2. The normalized spacial score (nSPS) is 20.4. The van der Waals surface area contributed by atoms with E-state index in [1.807, 2.05) is 42.2 Å². The Kier molecular flexibility index (Phi) is 6.35. The van der Waals surface area contributed by atoms with Gasteiger partial charge in [-0.2, -0.15) is 0 Å². The molecule has 1 saturated carbocycles. The van der Waals surface area contributed by atoms with Gasteiger partial charge in [0.2, 0.25) is 0 Å². The Hall–Kier alpha value is -3.22. The lowest BCUT2D eigenvalue weighted by molar-refractivity contribution is 0.130. The van der Waals surface area contributed by atoms with Gasteiger partial charge in [0.15, 0.2) is 5.75 Å². The molecule has 2 heterocycles. The molecule has 2 aromatic carbocycles. The van der Waals surface area contributed by atoms with Crippen molar-refractivity contribution in [2.24, 2.45) is 4.99 Å². The first kappa shape index (κ1) is 22.6. The molecule has 0 bridgehead atoms. The molecule has 5 rings (SSSR count). The number of nitrogens with one attached hydrogen (secondary N) is 1. The minimum atomic E-state index is 0.0630. The zero-order valence-electron chi connectivity index (χ0n) is 20.3. The average Bonchev–Trinajstić information content (AvgIpc) is 3.00. The second-order valence-corrected chi connectivity index (χ2v) is 9.64. The van der Waals surface area contributed by atoms with E-state index in [-0.39, 0.29) is 12.1 Å². The van der Waals surface area contributed by atoms with Crippen molar-refractivity contribution in [2.45, 2.75) is 58.0 Å². The number of amidine groups is 1. The largest absolute Gasteiger partial charge is 0.497 e. The van der Waals surface area contributed by atoms with E-state index in [1.165, 1.54) is 19.3 Å². The average molecular weight is 463 g/mol. The minimum absolute atomic E-state index is 0.0630. The Labute approximate surface area is 201 Å². The first-order chi connectivity index (χ1) is 16.5. The van der Waals surface area contributed by atoms with Crippen molar-refractivity contribution in [3.05, 3.63) is 47.5 Å². The van der Waals surface area contributed by atoms with E-state index in [9.17, 15) is 4.79 Å². The van der Waals surface area contributed by atoms with Gasteiger partial charge in [0.25, 0.3) is 0 Å². The monoisotopic (exact) mass is 462 g/mol. The van der Waals surface area contributed by atoms with Crippen LogP contribution in [0.1, 0.15) is 50.2 Å². The number of piperazine rings is 1. The molecule has 0 radical (unpaired) electrons. The van der Waals surface area contributed by atoms with Crippen LogP contribution in [-0.4, -0.2) is 60.5 Å². The zero-order chi connectivity index (χ0) is 23.7. The third kappa shape index (κ3) is 4.56. The Morgan fingerprint density at radius 3 is 2.68 bits per heavy atom. The van der Waals surface area contributed by atoms with Crippen LogP contribution in [0, 0.1) is 6.92 Å². The SMILES string of the molecule is COc1ccc2c(c1)C(N1CCN(C(=O)NC3CCCCC3)[C@@H](C)C1)=Nc1ccc(C)cc1O2. The molecule has 1 atom stereocenters. The highest BCUT2D eigenvalue weighted by molar-refractivity contribution is 6.04. The molecular weight excluding hydrogens is 428 g/mol. The van der Waals surface area contributed by atoms with Crippen LogP contribution in [-0.2, 0) is 0 Å². The first-order valence-corrected chi connectivity index (χ1v) is 12.4. The number of urea groups is 1. The molecule has 3 aliphatic rings. The summed E-state index contributed by atoms with van der Waals surface area (Å²) in [5.41, 5.74) is 2.83. The standard InChI is InChI=1S/C27H34N4O3/c1-18-9-11-23-25(15-18)34-24-12-10-21(33-3)16-22(24)26(29-23)30-13-14-31(19(2)17-30)27(32)28-20-7-5-4-6-8-20/h9-12,15-16,19-20H,4-8,13-14,17H2,1-3H3,(H,28,32)/t19-/m0/s1. The third-order valence-electron chi connectivity index (χ3n) is 7.11. The van der Waals surface area contributed by atoms with Gasteiger partial charge in [-0.15, -0.1) is 0 Å². The summed E-state index contributed by atoms with van der Waals surface area (Å²) in [6.07, 6.45) is 5.88. The highest BCUT2D eigenvalue weighted by atomic mass is 16.5. The molecule has 1 N–H and O–H groups in total. The molecule has 0 unspecified atom stereocenters. The number of carbonyl (C=O) groups excluding carboxylic acids is 1. The molecule has 180 valence electrons. The summed E-state index contributed by atoms with van der Waals surface area (Å²) >= 11 is 0. The Bertz CT molecular complexity index is 1090. The fourth-order valence-corrected chi connectivity index (χ4v) is 5.19. The number of aryl methyl sites for hydroxylation is 1. The molecular formula is C27H34N4O3. The van der Waals surface area contributed by atoms with E-state index < -0.39 is 0 Å². The van der Waals surface area contributed by atoms with E-state index in [4.69, 9.17) is 14.5 Å². The van der Waals surface area contributed by atoms with Crippen LogP contribution in [0.15, 0.2) is 41.4 Å². The Balaban J connectivity index is 1.40. The Morgan fingerprint density at radius 2 is 1.91 bits per heavy atom. The Morgan fingerprint density at radius 1 is 1.09 bits per heavy atom. The number of hydrogen-bond acceptors (Lipinski definition) is 5. The van der Waals surface area contributed by atoms with E-state index >= 15 is 0 Å². The molecule has 34 heavy (non-hydrogen) atoms. The maximum absolute atomic E-state index is 13.0. The number of fused-ring (bicyclic) bond motifs is 2. The molecule has 1 aliphatic carbocycles. The summed E-state index contributed by atoms with van der Waals surface area (Å²) in [6.45, 7) is 6.23. The lowest BCUT2D eigenvalue weighted by Gasteiger charge is -2.41. The number of nitrogens with zero attached hydrogens (tertiary/aromatic N) is 3. The van der Waals surface area contributed by atoms with Gasteiger partial charge in [-0.1, -0.05) is 25.3 Å². The van der Waals surface area contributed by atoms with Gasteiger partial charge in [-0.05, 0) is 62.6 Å². The fourth-order valence-electron chi connectivity index (χ4n) is 5.19. The van der Waals surface area contributed by atoms with Crippen molar-refractivity contribution >= 4 is 17.6 Å². The first-order valence-electron chi connectivity index (χ1n) is 12.4. The van der Waals surface area contributed by atoms with Crippen molar-refractivity contribution in [2.75, 3.05) is 26.7 Å². The molecule has 0 spiro atoms. The molecule has 2 amide bonds. The van der Waals surface area contributed by atoms with Crippen molar-refractivity contribution in [3.63, 3.8) is 0 Å². The van der Waals surface area contributed by atoms with Crippen LogP contribution in [0.3, 0.4) is 0 Å². The van der Waals surface area contributed by atoms with E-state index in [1.54, 1.807) is 7.11 Å². The molecule has 2 aromatic rings. The molecule has 2 fully saturated rings. The van der Waals surface area contributed by atoms with Crippen molar-refractivity contribution in [1.29, 1.82) is 0 Å². The van der Waals surface area contributed by atoms with Gasteiger partial charge >= 0.3 is 6.03 Å². The highest BCUT2D eigenvalue weighted by Crippen LogP contribution is 2.40. The number of ether oxygens (including phenoxy) is 2. The number of carbonyl (C=O) groups is 1. The second-order valence-electron chi connectivity index (χ2n) is 9.64. The van der Waals surface area contributed by atoms with Gasteiger partial charge in [0.05, 0.1) is 12.7 Å². The molecule has 0 aromatic heterocycles. The molecule has 2 aliphatic heterocycles. The van der Waals surface area contributed by atoms with Gasteiger partial charge in [-0.25, -0.2) is 9.79 Å². The van der Waals surface area contributed by atoms with Crippen molar-refractivity contribution in [3.8, 4) is 17.2 Å². The summed E-state index contributed by atoms with van der Waals surface area (Å²) in [4.78, 5) is 22.3. The number of methoxy groups -OCH3 is 1. The smallest absolute Gasteiger partial charge is 0.317 e. The minimum Gasteiger partial charge on any atom is -0.497 e. The van der Waals surface area contributed by atoms with Gasteiger partial charge in [0.1, 0.15) is 23.0 Å². The van der Waals surface area contributed by atoms with Gasteiger partial charge in [-0.3, -0.25) is 0 Å². The predicted octanol–water partition coefficient (Wildman–Crippen LogP) is 5.24. The molecule has 7 heteroatoms. The zero-order valence-corrected chi connectivity index (χ0v) is 20.3.